The Morgan fingerprint density at radius 3 is 3.18 bits per heavy atom. The molecule has 2 nitrogen and oxygen atoms in total. The highest BCUT2D eigenvalue weighted by Gasteiger charge is 2.70. The Balaban J connectivity index is 2.02. The summed E-state index contributed by atoms with van der Waals surface area (Å²) in [6, 6.07) is 0. The van der Waals surface area contributed by atoms with E-state index in [0.717, 1.165) is 19.3 Å². The number of ether oxygens (including phenoxy) is 1. The van der Waals surface area contributed by atoms with E-state index in [4.69, 9.17) is 16.3 Å². The molecule has 2 bridgehead atoms. The van der Waals surface area contributed by atoms with Crippen molar-refractivity contribution >= 4 is 17.4 Å². The molecule has 3 aliphatic rings. The van der Waals surface area contributed by atoms with Crippen LogP contribution in [0.2, 0.25) is 0 Å². The number of epoxide rings is 1. The SMILES string of the molecule is O=C1[C@H]2CC[C@H](C2)[C@@H]2O[C@]12Cl. The van der Waals surface area contributed by atoms with E-state index in [1.165, 1.54) is 0 Å². The zero-order valence-electron chi connectivity index (χ0n) is 6.05. The van der Waals surface area contributed by atoms with Gasteiger partial charge < -0.3 is 4.74 Å². The Morgan fingerprint density at radius 1 is 1.55 bits per heavy atom. The second-order valence-electron chi connectivity index (χ2n) is 3.82. The lowest BCUT2D eigenvalue weighted by Gasteiger charge is -2.16. The van der Waals surface area contributed by atoms with E-state index in [9.17, 15) is 4.79 Å². The van der Waals surface area contributed by atoms with Crippen molar-refractivity contribution in [1.29, 1.82) is 0 Å². The van der Waals surface area contributed by atoms with Crippen LogP contribution in [0.25, 0.3) is 0 Å². The standard InChI is InChI=1S/C8H9ClO2/c9-8-6(10)4-1-2-5(3-4)7(8)11-8/h4-5,7H,1-3H2/t4-,5+,7-,8+/m0/s1. The van der Waals surface area contributed by atoms with Crippen LogP contribution in [0.5, 0.6) is 0 Å². The Labute approximate surface area is 69.9 Å². The fraction of sp³-hybridized carbons (Fsp3) is 0.875. The Hall–Kier alpha value is -0.0800. The monoisotopic (exact) mass is 172 g/mol. The molecule has 0 radical (unpaired) electrons. The molecule has 60 valence electrons. The number of carbonyl (C=O) groups excluding carboxylic acids is 1. The van der Waals surface area contributed by atoms with Crippen LogP contribution in [0.4, 0.5) is 0 Å². The fourth-order valence-electron chi connectivity index (χ4n) is 2.56. The van der Waals surface area contributed by atoms with E-state index in [1.807, 2.05) is 0 Å². The zero-order chi connectivity index (χ0) is 7.64. The first kappa shape index (κ1) is 6.44. The van der Waals surface area contributed by atoms with Crippen molar-refractivity contribution < 1.29 is 9.53 Å². The molecule has 0 aromatic rings. The summed E-state index contributed by atoms with van der Waals surface area (Å²) in [5.41, 5.74) is 0. The molecular weight excluding hydrogens is 164 g/mol. The van der Waals surface area contributed by atoms with Crippen LogP contribution >= 0.6 is 11.6 Å². The molecule has 1 heterocycles. The molecule has 0 N–H and O–H groups in total. The fourth-order valence-corrected chi connectivity index (χ4v) is 2.98. The van der Waals surface area contributed by atoms with Gasteiger partial charge in [-0.3, -0.25) is 4.79 Å². The van der Waals surface area contributed by atoms with Gasteiger partial charge in [-0.1, -0.05) is 11.6 Å². The maximum Gasteiger partial charge on any atom is 0.227 e. The zero-order valence-corrected chi connectivity index (χ0v) is 6.80. The number of ketones is 1. The Morgan fingerprint density at radius 2 is 2.36 bits per heavy atom. The van der Waals surface area contributed by atoms with E-state index in [-0.39, 0.29) is 17.8 Å². The summed E-state index contributed by atoms with van der Waals surface area (Å²) in [7, 11) is 0. The summed E-state index contributed by atoms with van der Waals surface area (Å²) in [5, 5.41) is -0.857. The third kappa shape index (κ3) is 0.611. The minimum atomic E-state index is -0.857. The highest BCUT2D eigenvalue weighted by atomic mass is 35.5. The van der Waals surface area contributed by atoms with Crippen molar-refractivity contribution in [3.63, 3.8) is 0 Å². The lowest BCUT2D eigenvalue weighted by atomic mass is 9.88. The van der Waals surface area contributed by atoms with E-state index >= 15 is 0 Å². The van der Waals surface area contributed by atoms with Gasteiger partial charge in [0.15, 0.2) is 5.78 Å². The summed E-state index contributed by atoms with van der Waals surface area (Å²) < 4.78 is 5.23. The van der Waals surface area contributed by atoms with Crippen molar-refractivity contribution in [1.82, 2.24) is 0 Å². The average molecular weight is 173 g/mol. The Kier molecular flexibility index (Phi) is 0.961. The number of carbonyl (C=O) groups is 1. The average Bonchev–Trinajstić information content (AvgIpc) is 2.53. The largest absolute Gasteiger partial charge is 0.342 e. The van der Waals surface area contributed by atoms with E-state index in [2.05, 4.69) is 0 Å². The summed E-state index contributed by atoms with van der Waals surface area (Å²) in [6.45, 7) is 0. The number of Topliss-reactive ketones (excluding diaryl/α,β-unsaturated/α-hetero) is 1. The summed E-state index contributed by atoms with van der Waals surface area (Å²) in [4.78, 5) is 11.5. The molecular formula is C8H9ClO2. The van der Waals surface area contributed by atoms with Crippen LogP contribution in [-0.4, -0.2) is 16.9 Å². The van der Waals surface area contributed by atoms with Gasteiger partial charge in [-0.15, -0.1) is 0 Å². The predicted octanol–water partition coefficient (Wildman–Crippen LogP) is 1.32. The van der Waals surface area contributed by atoms with E-state index in [1.54, 1.807) is 0 Å². The first-order chi connectivity index (χ1) is 5.22. The molecule has 1 saturated heterocycles. The van der Waals surface area contributed by atoms with E-state index < -0.39 is 5.06 Å². The third-order valence-corrected chi connectivity index (χ3v) is 3.71. The lowest BCUT2D eigenvalue weighted by Crippen LogP contribution is -2.32. The van der Waals surface area contributed by atoms with Gasteiger partial charge in [-0.25, -0.2) is 0 Å². The van der Waals surface area contributed by atoms with Gasteiger partial charge in [0.25, 0.3) is 0 Å². The molecule has 1 aliphatic heterocycles. The van der Waals surface area contributed by atoms with Crippen LogP contribution in [0.15, 0.2) is 0 Å². The number of halogens is 1. The summed E-state index contributed by atoms with van der Waals surface area (Å²) in [5.74, 6) is 0.948. The number of fused-ring (bicyclic) bond motifs is 4. The second-order valence-corrected chi connectivity index (χ2v) is 4.38. The smallest absolute Gasteiger partial charge is 0.227 e. The van der Waals surface area contributed by atoms with Crippen LogP contribution in [0.1, 0.15) is 19.3 Å². The van der Waals surface area contributed by atoms with Crippen LogP contribution in [0, 0.1) is 11.8 Å². The van der Waals surface area contributed by atoms with E-state index in [0.29, 0.717) is 5.92 Å². The molecule has 3 rings (SSSR count). The van der Waals surface area contributed by atoms with Crippen molar-refractivity contribution in [2.24, 2.45) is 11.8 Å². The van der Waals surface area contributed by atoms with Gasteiger partial charge in [0, 0.05) is 5.92 Å². The highest BCUT2D eigenvalue weighted by Crippen LogP contribution is 2.58. The molecule has 0 aromatic carbocycles. The molecule has 0 unspecified atom stereocenters. The predicted molar refractivity (Wildman–Crippen MR) is 39.3 cm³/mol. The molecule has 11 heavy (non-hydrogen) atoms. The van der Waals surface area contributed by atoms with Crippen LogP contribution < -0.4 is 0 Å². The van der Waals surface area contributed by atoms with Gasteiger partial charge in [-0.2, -0.15) is 0 Å². The third-order valence-electron chi connectivity index (χ3n) is 3.22. The number of rotatable bonds is 0. The molecule has 3 heteroatoms. The first-order valence-electron chi connectivity index (χ1n) is 4.13. The molecule has 4 atom stereocenters. The number of alkyl halides is 1. The van der Waals surface area contributed by atoms with Gasteiger partial charge in [0.2, 0.25) is 5.06 Å². The quantitative estimate of drug-likeness (QED) is 0.408. The maximum absolute atomic E-state index is 11.5. The maximum atomic E-state index is 11.5. The van der Waals surface area contributed by atoms with Crippen molar-refractivity contribution in [3.8, 4) is 0 Å². The van der Waals surface area contributed by atoms with Crippen molar-refractivity contribution in [2.45, 2.75) is 30.4 Å². The lowest BCUT2D eigenvalue weighted by molar-refractivity contribution is -0.125. The Bertz CT molecular complexity index is 240. The second kappa shape index (κ2) is 1.64. The van der Waals surface area contributed by atoms with Crippen molar-refractivity contribution in [2.75, 3.05) is 0 Å². The van der Waals surface area contributed by atoms with Gasteiger partial charge in [0.05, 0.1) is 0 Å². The van der Waals surface area contributed by atoms with Gasteiger partial charge in [-0.05, 0) is 25.2 Å². The molecule has 2 saturated carbocycles. The van der Waals surface area contributed by atoms with Crippen molar-refractivity contribution in [3.05, 3.63) is 0 Å². The molecule has 0 aromatic heterocycles. The first-order valence-corrected chi connectivity index (χ1v) is 4.50. The minimum Gasteiger partial charge on any atom is -0.342 e. The molecule has 3 fully saturated rings. The van der Waals surface area contributed by atoms with Gasteiger partial charge in [0.1, 0.15) is 6.10 Å². The topological polar surface area (TPSA) is 29.6 Å². The number of hydrogen-bond donors (Lipinski definition) is 0. The highest BCUT2D eigenvalue weighted by molar-refractivity contribution is 6.37. The van der Waals surface area contributed by atoms with Gasteiger partial charge >= 0.3 is 0 Å². The van der Waals surface area contributed by atoms with Crippen LogP contribution in [-0.2, 0) is 9.53 Å². The molecule has 2 aliphatic carbocycles. The summed E-state index contributed by atoms with van der Waals surface area (Å²) in [6.07, 6.45) is 3.26. The van der Waals surface area contributed by atoms with Crippen LogP contribution in [0.3, 0.4) is 0 Å². The molecule has 0 spiro atoms. The number of hydrogen-bond acceptors (Lipinski definition) is 2. The normalized spacial score (nSPS) is 59.4. The summed E-state index contributed by atoms with van der Waals surface area (Å²) >= 11 is 5.95. The molecule has 0 amide bonds. The minimum absolute atomic E-state index is 0.0652.